The standard InChI is InChI=1S/C15H22BrFN2/c1-11(14-5-4-13(16)9-15(14)17)19-8-2-3-12(10-19)6-7-18/h4-5,9,11-12H,2-3,6-8,10,18H2,1H3. The van der Waals surface area contributed by atoms with Crippen molar-refractivity contribution in [1.82, 2.24) is 4.90 Å². The van der Waals surface area contributed by atoms with Gasteiger partial charge >= 0.3 is 0 Å². The van der Waals surface area contributed by atoms with E-state index >= 15 is 0 Å². The van der Waals surface area contributed by atoms with Gasteiger partial charge in [0.15, 0.2) is 0 Å². The van der Waals surface area contributed by atoms with Crippen molar-refractivity contribution in [2.24, 2.45) is 11.7 Å². The van der Waals surface area contributed by atoms with Gasteiger partial charge in [0.25, 0.3) is 0 Å². The highest BCUT2D eigenvalue weighted by Gasteiger charge is 2.25. The van der Waals surface area contributed by atoms with Crippen molar-refractivity contribution in [3.05, 3.63) is 34.1 Å². The predicted octanol–water partition coefficient (Wildman–Crippen LogP) is 3.71. The summed E-state index contributed by atoms with van der Waals surface area (Å²) in [7, 11) is 0. The summed E-state index contributed by atoms with van der Waals surface area (Å²) in [6.07, 6.45) is 3.52. The zero-order chi connectivity index (χ0) is 13.8. The first-order chi connectivity index (χ1) is 9.11. The lowest BCUT2D eigenvalue weighted by Gasteiger charge is -2.37. The van der Waals surface area contributed by atoms with Gasteiger partial charge in [0, 0.05) is 22.6 Å². The van der Waals surface area contributed by atoms with Crippen molar-refractivity contribution < 1.29 is 4.39 Å². The third-order valence-electron chi connectivity index (χ3n) is 4.09. The van der Waals surface area contributed by atoms with Gasteiger partial charge in [0.2, 0.25) is 0 Å². The van der Waals surface area contributed by atoms with Crippen LogP contribution in [0.4, 0.5) is 4.39 Å². The van der Waals surface area contributed by atoms with Gasteiger partial charge in [0.05, 0.1) is 0 Å². The smallest absolute Gasteiger partial charge is 0.129 e. The van der Waals surface area contributed by atoms with Gasteiger partial charge in [-0.2, -0.15) is 0 Å². The van der Waals surface area contributed by atoms with Gasteiger partial charge in [-0.05, 0) is 57.3 Å². The molecule has 1 fully saturated rings. The number of piperidine rings is 1. The molecule has 0 amide bonds. The van der Waals surface area contributed by atoms with Crippen LogP contribution in [0.15, 0.2) is 22.7 Å². The van der Waals surface area contributed by atoms with Gasteiger partial charge in [0.1, 0.15) is 5.82 Å². The second kappa shape index (κ2) is 6.82. The molecule has 1 aliphatic rings. The molecule has 1 saturated heterocycles. The molecule has 2 N–H and O–H groups in total. The van der Waals surface area contributed by atoms with E-state index in [1.165, 1.54) is 12.8 Å². The van der Waals surface area contributed by atoms with Crippen LogP contribution in [-0.2, 0) is 0 Å². The molecular weight excluding hydrogens is 307 g/mol. The summed E-state index contributed by atoms with van der Waals surface area (Å²) >= 11 is 3.30. The van der Waals surface area contributed by atoms with Crippen LogP contribution < -0.4 is 5.73 Å². The van der Waals surface area contributed by atoms with Crippen molar-refractivity contribution >= 4 is 15.9 Å². The highest BCUT2D eigenvalue weighted by molar-refractivity contribution is 9.10. The molecule has 0 radical (unpaired) electrons. The van der Waals surface area contributed by atoms with Crippen LogP contribution in [0.1, 0.15) is 37.8 Å². The van der Waals surface area contributed by atoms with Crippen molar-refractivity contribution in [3.63, 3.8) is 0 Å². The van der Waals surface area contributed by atoms with E-state index in [-0.39, 0.29) is 11.9 Å². The molecule has 0 bridgehead atoms. The van der Waals surface area contributed by atoms with Gasteiger partial charge in [-0.1, -0.05) is 22.0 Å². The monoisotopic (exact) mass is 328 g/mol. The second-order valence-electron chi connectivity index (χ2n) is 5.42. The van der Waals surface area contributed by atoms with Crippen LogP contribution >= 0.6 is 15.9 Å². The SMILES string of the molecule is CC(c1ccc(Br)cc1F)N1CCCC(CCN)C1. The zero-order valence-electron chi connectivity index (χ0n) is 11.4. The molecule has 2 nitrogen and oxygen atoms in total. The fraction of sp³-hybridized carbons (Fsp3) is 0.600. The fourth-order valence-corrected chi connectivity index (χ4v) is 3.29. The molecule has 2 atom stereocenters. The van der Waals surface area contributed by atoms with E-state index in [0.29, 0.717) is 5.92 Å². The van der Waals surface area contributed by atoms with E-state index in [4.69, 9.17) is 5.73 Å². The number of nitrogens with two attached hydrogens (primary N) is 1. The average molecular weight is 329 g/mol. The summed E-state index contributed by atoms with van der Waals surface area (Å²) in [5.74, 6) is 0.544. The number of benzene rings is 1. The Hall–Kier alpha value is -0.450. The molecule has 106 valence electrons. The Morgan fingerprint density at radius 1 is 1.53 bits per heavy atom. The highest BCUT2D eigenvalue weighted by Crippen LogP contribution is 2.30. The lowest BCUT2D eigenvalue weighted by molar-refractivity contribution is 0.126. The Labute approximate surface area is 123 Å². The quantitative estimate of drug-likeness (QED) is 0.912. The molecule has 1 aliphatic heterocycles. The van der Waals surface area contributed by atoms with Crippen LogP contribution in [0.25, 0.3) is 0 Å². The van der Waals surface area contributed by atoms with E-state index in [1.54, 1.807) is 6.07 Å². The van der Waals surface area contributed by atoms with E-state index in [2.05, 4.69) is 27.8 Å². The third kappa shape index (κ3) is 3.77. The Morgan fingerprint density at radius 2 is 2.32 bits per heavy atom. The maximum absolute atomic E-state index is 14.0. The Bertz CT molecular complexity index is 423. The Morgan fingerprint density at radius 3 is 3.00 bits per heavy atom. The maximum atomic E-state index is 14.0. The summed E-state index contributed by atoms with van der Waals surface area (Å²) in [6, 6.07) is 5.48. The van der Waals surface area contributed by atoms with E-state index in [9.17, 15) is 4.39 Å². The molecule has 0 spiro atoms. The molecular formula is C15H22BrFN2. The van der Waals surface area contributed by atoms with Crippen LogP contribution in [0.3, 0.4) is 0 Å². The first-order valence-corrected chi connectivity index (χ1v) is 7.80. The third-order valence-corrected chi connectivity index (χ3v) is 4.58. The van der Waals surface area contributed by atoms with Gasteiger partial charge in [-0.3, -0.25) is 4.90 Å². The van der Waals surface area contributed by atoms with E-state index in [0.717, 1.165) is 36.1 Å². The first kappa shape index (κ1) is 14.9. The molecule has 4 heteroatoms. The molecule has 19 heavy (non-hydrogen) atoms. The minimum absolute atomic E-state index is 0.122. The van der Waals surface area contributed by atoms with Crippen molar-refractivity contribution in [2.45, 2.75) is 32.2 Å². The zero-order valence-corrected chi connectivity index (χ0v) is 13.0. The first-order valence-electron chi connectivity index (χ1n) is 7.01. The van der Waals surface area contributed by atoms with Gasteiger partial charge in [-0.15, -0.1) is 0 Å². The molecule has 0 saturated carbocycles. The molecule has 2 unspecified atom stereocenters. The molecule has 1 heterocycles. The van der Waals surface area contributed by atoms with Gasteiger partial charge < -0.3 is 5.73 Å². The fourth-order valence-electron chi connectivity index (χ4n) is 2.96. The van der Waals surface area contributed by atoms with Crippen LogP contribution in [0.5, 0.6) is 0 Å². The normalized spacial score (nSPS) is 22.4. The summed E-state index contributed by atoms with van der Waals surface area (Å²) in [6.45, 7) is 4.93. The number of hydrogen-bond donors (Lipinski definition) is 1. The lowest BCUT2D eigenvalue weighted by Crippen LogP contribution is -2.38. The molecule has 1 aromatic carbocycles. The number of rotatable bonds is 4. The minimum Gasteiger partial charge on any atom is -0.330 e. The molecule has 0 aromatic heterocycles. The topological polar surface area (TPSA) is 29.3 Å². The molecule has 1 aromatic rings. The van der Waals surface area contributed by atoms with Crippen molar-refractivity contribution in [3.8, 4) is 0 Å². The molecule has 2 rings (SSSR count). The summed E-state index contributed by atoms with van der Waals surface area (Å²) in [5.41, 5.74) is 6.44. The van der Waals surface area contributed by atoms with Crippen molar-refractivity contribution in [2.75, 3.05) is 19.6 Å². The minimum atomic E-state index is -0.122. The summed E-state index contributed by atoms with van der Waals surface area (Å²) < 4.78 is 14.8. The number of hydrogen-bond acceptors (Lipinski definition) is 2. The van der Waals surface area contributed by atoms with E-state index in [1.807, 2.05) is 12.1 Å². The predicted molar refractivity (Wildman–Crippen MR) is 80.5 cm³/mol. The molecule has 0 aliphatic carbocycles. The lowest BCUT2D eigenvalue weighted by atomic mass is 9.92. The largest absolute Gasteiger partial charge is 0.330 e. The summed E-state index contributed by atoms with van der Waals surface area (Å²) in [4.78, 5) is 2.39. The Balaban J connectivity index is 2.07. The highest BCUT2D eigenvalue weighted by atomic mass is 79.9. The van der Waals surface area contributed by atoms with Crippen LogP contribution in [0.2, 0.25) is 0 Å². The van der Waals surface area contributed by atoms with Crippen LogP contribution in [-0.4, -0.2) is 24.5 Å². The number of halogens is 2. The van der Waals surface area contributed by atoms with E-state index < -0.39 is 0 Å². The number of nitrogens with zero attached hydrogens (tertiary/aromatic N) is 1. The summed E-state index contributed by atoms with van der Waals surface area (Å²) in [5, 5.41) is 0. The Kier molecular flexibility index (Phi) is 5.37. The van der Waals surface area contributed by atoms with Crippen LogP contribution in [0, 0.1) is 11.7 Å². The number of likely N-dealkylation sites (tertiary alicyclic amines) is 1. The van der Waals surface area contributed by atoms with Gasteiger partial charge in [-0.25, -0.2) is 4.39 Å². The second-order valence-corrected chi connectivity index (χ2v) is 6.34. The average Bonchev–Trinajstić information content (AvgIpc) is 2.39. The maximum Gasteiger partial charge on any atom is 0.129 e. The van der Waals surface area contributed by atoms with Crippen molar-refractivity contribution in [1.29, 1.82) is 0 Å².